The zero-order valence-corrected chi connectivity index (χ0v) is 26.9. The quantitative estimate of drug-likeness (QED) is 0.287. The van der Waals surface area contributed by atoms with E-state index in [0.29, 0.717) is 15.6 Å². The van der Waals surface area contributed by atoms with E-state index in [-0.39, 0.29) is 43.5 Å². The van der Waals surface area contributed by atoms with Crippen molar-refractivity contribution in [3.63, 3.8) is 0 Å². The number of benzene rings is 1. The topological polar surface area (TPSA) is 142 Å². The van der Waals surface area contributed by atoms with Gasteiger partial charge in [0.25, 0.3) is 0 Å². The summed E-state index contributed by atoms with van der Waals surface area (Å²) in [4.78, 5) is 48.7. The van der Waals surface area contributed by atoms with Crippen LogP contribution in [0.25, 0.3) is 17.2 Å². The smallest absolute Gasteiger partial charge is 0.410 e. The van der Waals surface area contributed by atoms with Gasteiger partial charge in [-0.25, -0.2) is 28.9 Å². The molecule has 0 radical (unpaired) electrons. The predicted octanol–water partition coefficient (Wildman–Crippen LogP) is 4.35. The number of alkyl halides is 3. The number of carbonyl (C=O) groups excluding carboxylic acids is 2. The SMILES string of the molecule is CC(C)(C)OC(=O)N1CCC(C(=O)NC(Cn2c(-c3ccc(Cl)cc3)nn(Cc3ncn(-c4ncccc4Cl)n3)c2=O)C(F)(F)F)C1. The predicted molar refractivity (Wildman–Crippen MR) is 164 cm³/mol. The minimum atomic E-state index is -4.94. The molecule has 250 valence electrons. The molecule has 0 saturated carbocycles. The largest absolute Gasteiger partial charge is 0.444 e. The van der Waals surface area contributed by atoms with Crippen molar-refractivity contribution in [1.29, 1.82) is 0 Å². The average Bonchev–Trinajstić information content (AvgIpc) is 3.73. The summed E-state index contributed by atoms with van der Waals surface area (Å²) in [6, 6.07) is 6.80. The molecule has 3 aromatic heterocycles. The second-order valence-electron chi connectivity index (χ2n) is 11.8. The van der Waals surface area contributed by atoms with E-state index < -0.39 is 48.0 Å². The van der Waals surface area contributed by atoms with Crippen LogP contribution in [0.4, 0.5) is 18.0 Å². The number of aromatic nitrogens is 7. The van der Waals surface area contributed by atoms with Crippen LogP contribution in [0.1, 0.15) is 33.0 Å². The zero-order chi connectivity index (χ0) is 34.1. The van der Waals surface area contributed by atoms with Crippen LogP contribution in [0.2, 0.25) is 10.0 Å². The second kappa shape index (κ2) is 13.4. The van der Waals surface area contributed by atoms with Gasteiger partial charge < -0.3 is 15.0 Å². The van der Waals surface area contributed by atoms with E-state index >= 15 is 0 Å². The number of nitrogens with one attached hydrogen (secondary N) is 1. The summed E-state index contributed by atoms with van der Waals surface area (Å²) in [5.41, 5.74) is -1.37. The van der Waals surface area contributed by atoms with Crippen molar-refractivity contribution in [2.75, 3.05) is 13.1 Å². The molecule has 2 amide bonds. The fourth-order valence-corrected chi connectivity index (χ4v) is 5.18. The van der Waals surface area contributed by atoms with Gasteiger partial charge in [-0.2, -0.15) is 13.2 Å². The number of amides is 2. The van der Waals surface area contributed by atoms with Crippen LogP contribution in [0.15, 0.2) is 53.7 Å². The van der Waals surface area contributed by atoms with Crippen LogP contribution in [0.3, 0.4) is 0 Å². The maximum absolute atomic E-state index is 14.4. The van der Waals surface area contributed by atoms with Crippen molar-refractivity contribution in [2.24, 2.45) is 5.92 Å². The molecule has 0 aliphatic carbocycles. The molecule has 1 aromatic carbocycles. The van der Waals surface area contributed by atoms with Crippen molar-refractivity contribution in [1.82, 2.24) is 44.3 Å². The Morgan fingerprint density at radius 1 is 1.09 bits per heavy atom. The fourth-order valence-electron chi connectivity index (χ4n) is 4.84. The van der Waals surface area contributed by atoms with E-state index in [4.69, 9.17) is 27.9 Å². The van der Waals surface area contributed by atoms with Crippen molar-refractivity contribution in [2.45, 2.75) is 58.1 Å². The highest BCUT2D eigenvalue weighted by Gasteiger charge is 2.44. The minimum absolute atomic E-state index is 0.0978. The van der Waals surface area contributed by atoms with Crippen LogP contribution in [-0.2, 0) is 22.6 Å². The summed E-state index contributed by atoms with van der Waals surface area (Å²) in [7, 11) is 0. The lowest BCUT2D eigenvalue weighted by molar-refractivity contribution is -0.165. The Morgan fingerprint density at radius 3 is 2.47 bits per heavy atom. The Balaban J connectivity index is 1.40. The molecule has 0 bridgehead atoms. The van der Waals surface area contributed by atoms with Gasteiger partial charge in [-0.05, 0) is 63.6 Å². The Morgan fingerprint density at radius 2 is 1.81 bits per heavy atom. The highest BCUT2D eigenvalue weighted by molar-refractivity contribution is 6.32. The molecule has 0 spiro atoms. The summed E-state index contributed by atoms with van der Waals surface area (Å²) < 4.78 is 51.6. The van der Waals surface area contributed by atoms with Crippen molar-refractivity contribution in [3.05, 3.63) is 75.3 Å². The average molecular weight is 697 g/mol. The van der Waals surface area contributed by atoms with Gasteiger partial charge in [-0.1, -0.05) is 23.2 Å². The third kappa shape index (κ3) is 8.11. The number of halogens is 5. The van der Waals surface area contributed by atoms with Gasteiger partial charge in [0.05, 0.1) is 17.5 Å². The Hall–Kier alpha value is -4.44. The second-order valence-corrected chi connectivity index (χ2v) is 12.7. The van der Waals surface area contributed by atoms with Crippen LogP contribution in [-0.4, -0.2) is 81.9 Å². The van der Waals surface area contributed by atoms with Gasteiger partial charge in [-0.15, -0.1) is 10.2 Å². The number of likely N-dealkylation sites (tertiary alicyclic amines) is 1. The summed E-state index contributed by atoms with van der Waals surface area (Å²) in [6.45, 7) is 3.80. The van der Waals surface area contributed by atoms with Crippen LogP contribution >= 0.6 is 23.2 Å². The first kappa shape index (κ1) is 33.9. The number of hydrogen-bond acceptors (Lipinski definition) is 8. The third-order valence-corrected chi connectivity index (χ3v) is 7.65. The van der Waals surface area contributed by atoms with Crippen molar-refractivity contribution in [3.8, 4) is 17.2 Å². The van der Waals surface area contributed by atoms with E-state index in [1.54, 1.807) is 32.9 Å². The highest BCUT2D eigenvalue weighted by atomic mass is 35.5. The number of ether oxygens (including phenoxy) is 1. The van der Waals surface area contributed by atoms with E-state index in [1.807, 2.05) is 5.32 Å². The maximum Gasteiger partial charge on any atom is 0.410 e. The lowest BCUT2D eigenvalue weighted by atomic mass is 10.1. The summed E-state index contributed by atoms with van der Waals surface area (Å²) in [5.74, 6) is -1.52. The molecule has 4 heterocycles. The van der Waals surface area contributed by atoms with Crippen LogP contribution in [0.5, 0.6) is 0 Å². The van der Waals surface area contributed by atoms with Crippen molar-refractivity contribution < 1.29 is 27.5 Å². The molecular formula is C29H30Cl2F3N9O4. The highest BCUT2D eigenvalue weighted by Crippen LogP contribution is 2.26. The van der Waals surface area contributed by atoms with E-state index in [1.165, 1.54) is 46.4 Å². The summed E-state index contributed by atoms with van der Waals surface area (Å²) >= 11 is 12.2. The molecule has 47 heavy (non-hydrogen) atoms. The molecule has 5 rings (SSSR count). The van der Waals surface area contributed by atoms with E-state index in [2.05, 4.69) is 20.2 Å². The first-order valence-corrected chi connectivity index (χ1v) is 15.1. The summed E-state index contributed by atoms with van der Waals surface area (Å²) in [6.07, 6.45) is -2.62. The molecule has 18 heteroatoms. The Labute approximate surface area is 276 Å². The first-order chi connectivity index (χ1) is 22.1. The molecule has 1 saturated heterocycles. The molecule has 1 N–H and O–H groups in total. The molecule has 2 unspecified atom stereocenters. The number of carbonyl (C=O) groups is 2. The van der Waals surface area contributed by atoms with E-state index in [9.17, 15) is 27.6 Å². The van der Waals surface area contributed by atoms with Gasteiger partial charge in [0.2, 0.25) is 5.91 Å². The van der Waals surface area contributed by atoms with Gasteiger partial charge >= 0.3 is 18.0 Å². The molecular weight excluding hydrogens is 666 g/mol. The normalized spacial score (nSPS) is 15.9. The molecule has 13 nitrogen and oxygen atoms in total. The molecule has 1 aliphatic rings. The number of nitrogens with zero attached hydrogens (tertiary/aromatic N) is 8. The zero-order valence-electron chi connectivity index (χ0n) is 25.4. The van der Waals surface area contributed by atoms with Gasteiger partial charge in [-0.3, -0.25) is 9.36 Å². The maximum atomic E-state index is 14.4. The van der Waals surface area contributed by atoms with Crippen LogP contribution < -0.4 is 11.0 Å². The molecule has 1 fully saturated rings. The monoisotopic (exact) mass is 695 g/mol. The number of rotatable bonds is 8. The lowest BCUT2D eigenvalue weighted by Crippen LogP contribution is -2.51. The van der Waals surface area contributed by atoms with Gasteiger partial charge in [0.15, 0.2) is 17.5 Å². The molecule has 2 atom stereocenters. The Bertz CT molecular complexity index is 1820. The first-order valence-electron chi connectivity index (χ1n) is 14.4. The minimum Gasteiger partial charge on any atom is -0.444 e. The Kier molecular flexibility index (Phi) is 9.63. The van der Waals surface area contributed by atoms with Gasteiger partial charge in [0.1, 0.15) is 24.5 Å². The standard InChI is InChI=1S/C29H30Cl2F3N9O4/c1-28(2,3)47-27(46)40-12-10-18(13-40)25(44)37-21(29(32,33)34)14-41-23(17-6-8-19(30)9-7-17)39-42(26(41)45)15-22-36-16-43(38-22)24-20(31)5-4-11-35-24/h4-9,11,16,18,21H,10,12-15H2,1-3H3,(H,37,44). The summed E-state index contributed by atoms with van der Waals surface area (Å²) in [5, 5.41) is 11.3. The lowest BCUT2D eigenvalue weighted by Gasteiger charge is -2.25. The molecule has 4 aromatic rings. The van der Waals surface area contributed by atoms with Crippen LogP contribution in [0, 0.1) is 5.92 Å². The number of hydrogen-bond donors (Lipinski definition) is 1. The number of pyridine rings is 1. The van der Waals surface area contributed by atoms with Crippen molar-refractivity contribution >= 4 is 35.2 Å². The fraction of sp³-hybridized carbons (Fsp3) is 0.414. The third-order valence-electron chi connectivity index (χ3n) is 7.10. The molecule has 1 aliphatic heterocycles. The van der Waals surface area contributed by atoms with Gasteiger partial charge in [0, 0.05) is 29.9 Å². The van der Waals surface area contributed by atoms with E-state index in [0.717, 1.165) is 9.25 Å².